The molecule has 1 amide bonds. The van der Waals surface area contributed by atoms with Crippen LogP contribution < -0.4 is 5.73 Å². The highest BCUT2D eigenvalue weighted by Gasteiger charge is 2.32. The van der Waals surface area contributed by atoms with E-state index < -0.39 is 6.04 Å². The first-order chi connectivity index (χ1) is 13.4. The number of benzene rings is 2. The van der Waals surface area contributed by atoms with Crippen molar-refractivity contribution in [3.8, 4) is 0 Å². The van der Waals surface area contributed by atoms with Crippen LogP contribution in [0.2, 0.25) is 15.1 Å². The van der Waals surface area contributed by atoms with Gasteiger partial charge < -0.3 is 10.6 Å². The van der Waals surface area contributed by atoms with Crippen LogP contribution in [0.15, 0.2) is 41.4 Å². The molecule has 0 radical (unpaired) electrons. The molecule has 7 heteroatoms. The lowest BCUT2D eigenvalue weighted by atomic mass is 9.90. The largest absolute Gasteiger partial charge is 0.340 e. The summed E-state index contributed by atoms with van der Waals surface area (Å²) in [5.41, 5.74) is 10.1. The van der Waals surface area contributed by atoms with E-state index in [0.29, 0.717) is 33.7 Å². The minimum atomic E-state index is -0.781. The summed E-state index contributed by atoms with van der Waals surface area (Å²) in [5, 5.41) is 1.63. The van der Waals surface area contributed by atoms with Crippen LogP contribution in [0.5, 0.6) is 0 Å². The van der Waals surface area contributed by atoms with Gasteiger partial charge in [-0.3, -0.25) is 9.79 Å². The Bertz CT molecular complexity index is 940. The lowest BCUT2D eigenvalue weighted by molar-refractivity contribution is -0.134. The van der Waals surface area contributed by atoms with Gasteiger partial charge in [-0.25, -0.2) is 0 Å². The molecule has 0 aliphatic carbocycles. The van der Waals surface area contributed by atoms with Gasteiger partial charge in [0.05, 0.1) is 5.69 Å². The standard InChI is InChI=1S/C21H20Cl3N3O/c22-15-4-3-12-8-18(26-19(12)10-15)13-2-1-5-27(11-13)21(28)20(25)14-6-16(23)9-17(24)7-14/h3-4,6-7,9-10,13,20H,1-2,5,8,11,25H2/t13-,20?/m0/s1. The maximum Gasteiger partial charge on any atom is 0.244 e. The number of nitrogens with two attached hydrogens (primary N) is 1. The Morgan fingerprint density at radius 3 is 2.61 bits per heavy atom. The number of carbonyl (C=O) groups is 1. The molecule has 2 aliphatic heterocycles. The summed E-state index contributed by atoms with van der Waals surface area (Å²) in [5.74, 6) is 0.126. The third-order valence-corrected chi connectivity index (χ3v) is 6.07. The summed E-state index contributed by atoms with van der Waals surface area (Å²) >= 11 is 18.2. The Morgan fingerprint density at radius 2 is 1.86 bits per heavy atom. The molecule has 1 fully saturated rings. The summed E-state index contributed by atoms with van der Waals surface area (Å²) in [4.78, 5) is 19.6. The van der Waals surface area contributed by atoms with Crippen LogP contribution >= 0.6 is 34.8 Å². The molecule has 2 aliphatic rings. The number of likely N-dealkylation sites (tertiary alicyclic amines) is 1. The minimum absolute atomic E-state index is 0.109. The predicted molar refractivity (Wildman–Crippen MR) is 115 cm³/mol. The van der Waals surface area contributed by atoms with Crippen LogP contribution in [0.25, 0.3) is 0 Å². The lowest BCUT2D eigenvalue weighted by Gasteiger charge is -2.34. The quantitative estimate of drug-likeness (QED) is 0.717. The molecule has 2 aromatic carbocycles. The second-order valence-corrected chi connectivity index (χ2v) is 8.67. The number of aliphatic imine (C=N–C) groups is 1. The van der Waals surface area contributed by atoms with Gasteiger partial charge in [-0.2, -0.15) is 0 Å². The fraction of sp³-hybridized carbons (Fsp3) is 0.333. The fourth-order valence-corrected chi connectivity index (χ4v) is 4.67. The van der Waals surface area contributed by atoms with Crippen LogP contribution in [0.1, 0.15) is 30.0 Å². The number of carbonyl (C=O) groups excluding carboxylic acids is 1. The number of rotatable bonds is 3. The SMILES string of the molecule is NC(C(=O)N1CCC[C@H](C2=Nc3cc(Cl)ccc3C2)C1)c1cc(Cl)cc(Cl)c1. The Morgan fingerprint density at radius 1 is 1.11 bits per heavy atom. The van der Waals surface area contributed by atoms with Crippen LogP contribution in [-0.4, -0.2) is 29.6 Å². The number of amides is 1. The molecule has 2 aromatic rings. The third kappa shape index (κ3) is 4.06. The minimum Gasteiger partial charge on any atom is -0.340 e. The number of hydrogen-bond donors (Lipinski definition) is 1. The van der Waals surface area contributed by atoms with E-state index in [4.69, 9.17) is 45.5 Å². The van der Waals surface area contributed by atoms with Gasteiger partial charge in [0.1, 0.15) is 6.04 Å². The molecule has 4 nitrogen and oxygen atoms in total. The Kier molecular flexibility index (Phi) is 5.66. The second kappa shape index (κ2) is 8.03. The van der Waals surface area contributed by atoms with E-state index in [-0.39, 0.29) is 11.8 Å². The average Bonchev–Trinajstić information content (AvgIpc) is 3.09. The molecule has 0 saturated carbocycles. The van der Waals surface area contributed by atoms with Gasteiger partial charge in [-0.15, -0.1) is 0 Å². The molecule has 0 bridgehead atoms. The molecular weight excluding hydrogens is 417 g/mol. The van der Waals surface area contributed by atoms with Gasteiger partial charge in [0.15, 0.2) is 0 Å². The zero-order valence-electron chi connectivity index (χ0n) is 15.2. The normalized spacial score (nSPS) is 19.9. The molecule has 2 atom stereocenters. The zero-order chi connectivity index (χ0) is 19.8. The number of hydrogen-bond acceptors (Lipinski definition) is 3. The van der Waals surface area contributed by atoms with E-state index >= 15 is 0 Å². The molecule has 0 aromatic heterocycles. The number of fused-ring (bicyclic) bond motifs is 1. The monoisotopic (exact) mass is 435 g/mol. The predicted octanol–water partition coefficient (Wildman–Crippen LogP) is 5.21. The van der Waals surface area contributed by atoms with Gasteiger partial charge in [0.25, 0.3) is 0 Å². The van der Waals surface area contributed by atoms with Gasteiger partial charge in [0.2, 0.25) is 5.91 Å². The van der Waals surface area contributed by atoms with Crippen molar-refractivity contribution >= 4 is 52.1 Å². The topological polar surface area (TPSA) is 58.7 Å². The summed E-state index contributed by atoms with van der Waals surface area (Å²) in [6.07, 6.45) is 2.76. The molecule has 0 spiro atoms. The Hall–Kier alpha value is -1.59. The van der Waals surface area contributed by atoms with E-state index in [0.717, 1.165) is 30.7 Å². The van der Waals surface area contributed by atoms with Crippen molar-refractivity contribution in [2.75, 3.05) is 13.1 Å². The van der Waals surface area contributed by atoms with Gasteiger partial charge in [-0.05, 0) is 54.3 Å². The van der Waals surface area contributed by atoms with E-state index in [9.17, 15) is 4.79 Å². The highest BCUT2D eigenvalue weighted by molar-refractivity contribution is 6.34. The van der Waals surface area contributed by atoms with Crippen molar-refractivity contribution in [3.05, 3.63) is 62.6 Å². The number of piperidine rings is 1. The van der Waals surface area contributed by atoms with Gasteiger partial charge >= 0.3 is 0 Å². The van der Waals surface area contributed by atoms with Crippen molar-refractivity contribution in [2.45, 2.75) is 25.3 Å². The summed E-state index contributed by atoms with van der Waals surface area (Å²) in [6.45, 7) is 1.32. The van der Waals surface area contributed by atoms with Crippen molar-refractivity contribution in [3.63, 3.8) is 0 Å². The number of nitrogens with zero attached hydrogens (tertiary/aromatic N) is 2. The molecule has 2 N–H and O–H groups in total. The maximum atomic E-state index is 13.0. The van der Waals surface area contributed by atoms with Crippen molar-refractivity contribution in [1.82, 2.24) is 4.90 Å². The molecule has 28 heavy (non-hydrogen) atoms. The molecular formula is C21H20Cl3N3O. The second-order valence-electron chi connectivity index (χ2n) is 7.36. The molecule has 1 unspecified atom stereocenters. The first-order valence-electron chi connectivity index (χ1n) is 9.27. The maximum absolute atomic E-state index is 13.0. The van der Waals surface area contributed by atoms with Crippen LogP contribution in [0.3, 0.4) is 0 Å². The van der Waals surface area contributed by atoms with E-state index in [2.05, 4.69) is 0 Å². The summed E-state index contributed by atoms with van der Waals surface area (Å²) < 4.78 is 0. The van der Waals surface area contributed by atoms with Gasteiger partial charge in [0, 0.05) is 46.2 Å². The van der Waals surface area contributed by atoms with Crippen molar-refractivity contribution < 1.29 is 4.79 Å². The summed E-state index contributed by atoms with van der Waals surface area (Å²) in [7, 11) is 0. The first-order valence-corrected chi connectivity index (χ1v) is 10.4. The summed E-state index contributed by atoms with van der Waals surface area (Å²) in [6, 6.07) is 10.1. The smallest absolute Gasteiger partial charge is 0.244 e. The van der Waals surface area contributed by atoms with Gasteiger partial charge in [-0.1, -0.05) is 40.9 Å². The van der Waals surface area contributed by atoms with E-state index in [1.54, 1.807) is 18.2 Å². The van der Waals surface area contributed by atoms with Crippen LogP contribution in [0.4, 0.5) is 5.69 Å². The van der Waals surface area contributed by atoms with Crippen LogP contribution in [-0.2, 0) is 11.2 Å². The molecule has 2 heterocycles. The molecule has 146 valence electrons. The Labute approximate surface area is 179 Å². The van der Waals surface area contributed by atoms with E-state index in [1.165, 1.54) is 5.56 Å². The zero-order valence-corrected chi connectivity index (χ0v) is 17.4. The highest BCUT2D eigenvalue weighted by atomic mass is 35.5. The average molecular weight is 437 g/mol. The van der Waals surface area contributed by atoms with E-state index in [1.807, 2.05) is 23.1 Å². The van der Waals surface area contributed by atoms with Crippen molar-refractivity contribution in [1.29, 1.82) is 0 Å². The lowest BCUT2D eigenvalue weighted by Crippen LogP contribution is -2.46. The van der Waals surface area contributed by atoms with Crippen LogP contribution in [0, 0.1) is 5.92 Å². The van der Waals surface area contributed by atoms with Crippen molar-refractivity contribution in [2.24, 2.45) is 16.6 Å². The molecule has 1 saturated heterocycles. The third-order valence-electron chi connectivity index (χ3n) is 5.40. The fourth-order valence-electron chi connectivity index (χ4n) is 3.96. The number of halogens is 3. The Balaban J connectivity index is 1.48. The first kappa shape index (κ1) is 19.7. The molecule has 4 rings (SSSR count). The highest BCUT2D eigenvalue weighted by Crippen LogP contribution is 2.34.